The van der Waals surface area contributed by atoms with Crippen LogP contribution in [0.5, 0.6) is 0 Å². The Bertz CT molecular complexity index is 698. The molecule has 0 saturated carbocycles. The maximum absolute atomic E-state index is 11.9. The number of ether oxygens (including phenoxy) is 2. The van der Waals surface area contributed by atoms with E-state index in [0.29, 0.717) is 6.42 Å². The molecule has 1 atom stereocenters. The molecular weight excluding hydrogens is 318 g/mol. The molecular formula is C20H21NO4. The van der Waals surface area contributed by atoms with E-state index in [2.05, 4.69) is 5.32 Å². The van der Waals surface area contributed by atoms with Gasteiger partial charge in [-0.25, -0.2) is 9.59 Å². The van der Waals surface area contributed by atoms with E-state index in [1.165, 1.54) is 13.2 Å². The second-order valence-electron chi connectivity index (χ2n) is 5.32. The Kier molecular flexibility index (Phi) is 7.25. The van der Waals surface area contributed by atoms with Gasteiger partial charge in [-0.1, -0.05) is 54.6 Å². The molecule has 1 unspecified atom stereocenters. The van der Waals surface area contributed by atoms with Gasteiger partial charge in [0.15, 0.2) is 0 Å². The maximum atomic E-state index is 11.9. The molecule has 0 amide bonds. The molecule has 0 spiro atoms. The molecule has 25 heavy (non-hydrogen) atoms. The maximum Gasteiger partial charge on any atom is 0.330 e. The molecule has 130 valence electrons. The molecule has 0 aliphatic heterocycles. The fraction of sp³-hybridized carbons (Fsp3) is 0.200. The van der Waals surface area contributed by atoms with Crippen molar-refractivity contribution in [1.29, 1.82) is 0 Å². The first kappa shape index (κ1) is 18.3. The lowest BCUT2D eigenvalue weighted by atomic mass is 10.2. The van der Waals surface area contributed by atoms with E-state index in [1.54, 1.807) is 6.08 Å². The van der Waals surface area contributed by atoms with Gasteiger partial charge in [0.25, 0.3) is 0 Å². The van der Waals surface area contributed by atoms with Crippen LogP contribution in [-0.4, -0.2) is 25.1 Å². The Morgan fingerprint density at radius 3 is 2.32 bits per heavy atom. The van der Waals surface area contributed by atoms with E-state index in [9.17, 15) is 9.59 Å². The average molecular weight is 339 g/mol. The van der Waals surface area contributed by atoms with E-state index in [4.69, 9.17) is 9.47 Å². The van der Waals surface area contributed by atoms with E-state index in [1.807, 2.05) is 60.7 Å². The second kappa shape index (κ2) is 9.93. The number of nitrogens with one attached hydrogen (secondary N) is 1. The third kappa shape index (κ3) is 6.51. The van der Waals surface area contributed by atoms with Crippen molar-refractivity contribution in [2.24, 2.45) is 0 Å². The molecule has 5 heteroatoms. The first-order chi connectivity index (χ1) is 12.2. The largest absolute Gasteiger partial charge is 0.467 e. The zero-order chi connectivity index (χ0) is 17.9. The molecule has 0 heterocycles. The summed E-state index contributed by atoms with van der Waals surface area (Å²) >= 11 is 0. The summed E-state index contributed by atoms with van der Waals surface area (Å²) in [6, 6.07) is 18.2. The highest BCUT2D eigenvalue weighted by atomic mass is 16.5. The lowest BCUT2D eigenvalue weighted by Crippen LogP contribution is -2.30. The van der Waals surface area contributed by atoms with E-state index in [-0.39, 0.29) is 6.61 Å². The van der Waals surface area contributed by atoms with Crippen molar-refractivity contribution >= 4 is 17.6 Å². The molecule has 0 bridgehead atoms. The highest BCUT2D eigenvalue weighted by molar-refractivity contribution is 5.83. The third-order valence-electron chi connectivity index (χ3n) is 3.45. The first-order valence-corrected chi connectivity index (χ1v) is 7.95. The molecule has 5 nitrogen and oxygen atoms in total. The number of methoxy groups -OCH3 is 1. The predicted octanol–water partition coefficient (Wildman–Crippen LogP) is 3.33. The van der Waals surface area contributed by atoms with Gasteiger partial charge in [0.1, 0.15) is 12.6 Å². The van der Waals surface area contributed by atoms with E-state index in [0.717, 1.165) is 11.3 Å². The predicted molar refractivity (Wildman–Crippen MR) is 95.9 cm³/mol. The van der Waals surface area contributed by atoms with E-state index >= 15 is 0 Å². The Morgan fingerprint density at radius 1 is 1.04 bits per heavy atom. The van der Waals surface area contributed by atoms with Crippen LogP contribution in [0.1, 0.15) is 12.0 Å². The van der Waals surface area contributed by atoms with Crippen LogP contribution in [0.15, 0.2) is 72.8 Å². The fourth-order valence-electron chi connectivity index (χ4n) is 2.17. The summed E-state index contributed by atoms with van der Waals surface area (Å²) in [7, 11) is 1.33. The molecule has 0 aliphatic rings. The van der Waals surface area contributed by atoms with Crippen molar-refractivity contribution in [2.45, 2.75) is 19.1 Å². The summed E-state index contributed by atoms with van der Waals surface area (Å²) in [5, 5.41) is 3.08. The Hall–Kier alpha value is -3.08. The Labute approximate surface area is 147 Å². The van der Waals surface area contributed by atoms with Crippen molar-refractivity contribution in [2.75, 3.05) is 12.4 Å². The van der Waals surface area contributed by atoms with Crippen molar-refractivity contribution in [3.8, 4) is 0 Å². The van der Waals surface area contributed by atoms with Crippen LogP contribution in [0.25, 0.3) is 0 Å². The first-order valence-electron chi connectivity index (χ1n) is 7.95. The summed E-state index contributed by atoms with van der Waals surface area (Å²) in [5.74, 6) is -0.849. The zero-order valence-electron chi connectivity index (χ0n) is 14.1. The Morgan fingerprint density at radius 2 is 1.68 bits per heavy atom. The third-order valence-corrected chi connectivity index (χ3v) is 3.45. The van der Waals surface area contributed by atoms with Gasteiger partial charge in [0.2, 0.25) is 0 Å². The SMILES string of the molecule is COC(=O)C(C/C=C/C(=O)OCc1ccccc1)Nc1ccccc1. The van der Waals surface area contributed by atoms with Gasteiger partial charge in [-0.2, -0.15) is 0 Å². The van der Waals surface area contributed by atoms with Crippen molar-refractivity contribution < 1.29 is 19.1 Å². The van der Waals surface area contributed by atoms with Crippen LogP contribution >= 0.6 is 0 Å². The summed E-state index contributed by atoms with van der Waals surface area (Å²) in [4.78, 5) is 23.6. The molecule has 2 aromatic rings. The standard InChI is InChI=1S/C20H21NO4/c1-24-20(23)18(21-17-11-6-3-7-12-17)13-8-14-19(22)25-15-16-9-4-2-5-10-16/h2-12,14,18,21H,13,15H2,1H3/b14-8+. The highest BCUT2D eigenvalue weighted by Gasteiger charge is 2.17. The van der Waals surface area contributed by atoms with Gasteiger partial charge in [-0.3, -0.25) is 0 Å². The lowest BCUT2D eigenvalue weighted by molar-refractivity contribution is -0.142. The van der Waals surface area contributed by atoms with Crippen LogP contribution in [0, 0.1) is 0 Å². The Balaban J connectivity index is 1.85. The average Bonchev–Trinajstić information content (AvgIpc) is 2.66. The van der Waals surface area contributed by atoms with Gasteiger partial charge in [0.05, 0.1) is 7.11 Å². The number of hydrogen-bond donors (Lipinski definition) is 1. The van der Waals surface area contributed by atoms with Crippen molar-refractivity contribution in [3.05, 3.63) is 78.4 Å². The van der Waals surface area contributed by atoms with Crippen LogP contribution in [0.2, 0.25) is 0 Å². The van der Waals surface area contributed by atoms with Crippen molar-refractivity contribution in [1.82, 2.24) is 0 Å². The smallest absolute Gasteiger partial charge is 0.330 e. The number of benzene rings is 2. The van der Waals surface area contributed by atoms with Gasteiger partial charge < -0.3 is 14.8 Å². The summed E-state index contributed by atoms with van der Waals surface area (Å²) in [5.41, 5.74) is 1.72. The number of anilines is 1. The quantitative estimate of drug-likeness (QED) is 0.590. The minimum atomic E-state index is -0.578. The summed E-state index contributed by atoms with van der Waals surface area (Å²) < 4.78 is 9.95. The molecule has 0 aliphatic carbocycles. The molecule has 2 rings (SSSR count). The van der Waals surface area contributed by atoms with Crippen LogP contribution in [0.3, 0.4) is 0 Å². The second-order valence-corrected chi connectivity index (χ2v) is 5.32. The van der Waals surface area contributed by atoms with Crippen LogP contribution in [-0.2, 0) is 25.7 Å². The number of esters is 2. The zero-order valence-corrected chi connectivity index (χ0v) is 14.1. The number of carbonyl (C=O) groups is 2. The summed E-state index contributed by atoms with van der Waals surface area (Å²) in [6.07, 6.45) is 3.23. The molecule has 1 N–H and O–H groups in total. The number of rotatable bonds is 8. The molecule has 0 radical (unpaired) electrons. The van der Waals surface area contributed by atoms with Gasteiger partial charge >= 0.3 is 11.9 Å². The minimum Gasteiger partial charge on any atom is -0.467 e. The molecule has 0 saturated heterocycles. The highest BCUT2D eigenvalue weighted by Crippen LogP contribution is 2.10. The summed E-state index contributed by atoms with van der Waals surface area (Å²) in [6.45, 7) is 0.215. The number of para-hydroxylation sites is 1. The minimum absolute atomic E-state index is 0.215. The van der Waals surface area contributed by atoms with Crippen LogP contribution < -0.4 is 5.32 Å². The van der Waals surface area contributed by atoms with Gasteiger partial charge in [0, 0.05) is 11.8 Å². The molecule has 2 aromatic carbocycles. The van der Waals surface area contributed by atoms with Crippen LogP contribution in [0.4, 0.5) is 5.69 Å². The molecule has 0 aromatic heterocycles. The monoisotopic (exact) mass is 339 g/mol. The van der Waals surface area contributed by atoms with Crippen molar-refractivity contribution in [3.63, 3.8) is 0 Å². The topological polar surface area (TPSA) is 64.6 Å². The normalized spacial score (nSPS) is 11.7. The fourth-order valence-corrected chi connectivity index (χ4v) is 2.17. The van der Waals surface area contributed by atoms with Gasteiger partial charge in [-0.15, -0.1) is 0 Å². The number of hydrogen-bond acceptors (Lipinski definition) is 5. The molecule has 0 fully saturated rings. The van der Waals surface area contributed by atoms with Gasteiger partial charge in [-0.05, 0) is 24.1 Å². The van der Waals surface area contributed by atoms with E-state index < -0.39 is 18.0 Å². The number of carbonyl (C=O) groups excluding carboxylic acids is 2. The lowest BCUT2D eigenvalue weighted by Gasteiger charge is -2.15.